The van der Waals surface area contributed by atoms with Crippen molar-refractivity contribution < 1.29 is 32.3 Å². The van der Waals surface area contributed by atoms with Gasteiger partial charge in [0.15, 0.2) is 5.82 Å². The molecule has 0 atom stereocenters. The number of amides is 2. The molecule has 1 saturated heterocycles. The number of nitrogens with zero attached hydrogens (tertiary/aromatic N) is 6. The second-order valence-corrected chi connectivity index (χ2v) is 16.7. The molecule has 268 valence electrons. The van der Waals surface area contributed by atoms with E-state index in [4.69, 9.17) is 32.7 Å². The molecule has 2 aliphatic rings. The third-order valence-electron chi connectivity index (χ3n) is 7.72. The van der Waals surface area contributed by atoms with E-state index in [1.165, 1.54) is 30.6 Å². The van der Waals surface area contributed by atoms with E-state index in [1.807, 2.05) is 4.90 Å². The molecule has 0 aliphatic carbocycles. The first kappa shape index (κ1) is 37.1. The molecule has 0 spiro atoms. The lowest BCUT2D eigenvalue weighted by Crippen LogP contribution is -2.51. The summed E-state index contributed by atoms with van der Waals surface area (Å²) in [4.78, 5) is 52.4. The summed E-state index contributed by atoms with van der Waals surface area (Å²) in [5, 5.41) is 0.264. The van der Waals surface area contributed by atoms with E-state index in [2.05, 4.69) is 9.97 Å². The SMILES string of the molecule is CC(C)(C)OC(=O)CN(c1ccc2c(c1)CCN2c1cnc(C(=O)N2CCN(C(=O)OC(C)(C)C)CC2)cn1)S(=O)(=O)c1cc(Cl)cc(Cl)c1. The van der Waals surface area contributed by atoms with Crippen LogP contribution in [0.1, 0.15) is 57.6 Å². The third-order valence-corrected chi connectivity index (χ3v) is 9.90. The molecule has 5 rings (SSSR count). The Morgan fingerprint density at radius 2 is 1.44 bits per heavy atom. The van der Waals surface area contributed by atoms with E-state index in [0.29, 0.717) is 45.0 Å². The maximum Gasteiger partial charge on any atom is 0.410 e. The van der Waals surface area contributed by atoms with Gasteiger partial charge in [-0.15, -0.1) is 0 Å². The fraction of sp³-hybridized carbons (Fsp3) is 0.441. The van der Waals surface area contributed by atoms with E-state index in [0.717, 1.165) is 15.6 Å². The Hall–Kier alpha value is -4.14. The van der Waals surface area contributed by atoms with Crippen molar-refractivity contribution >= 4 is 68.4 Å². The average Bonchev–Trinajstić information content (AvgIpc) is 3.44. The molecule has 1 fully saturated rings. The molecule has 0 radical (unpaired) electrons. The first-order valence-electron chi connectivity index (χ1n) is 16.0. The molecule has 2 aliphatic heterocycles. The maximum atomic E-state index is 13.9. The van der Waals surface area contributed by atoms with Crippen LogP contribution in [0.5, 0.6) is 0 Å². The topological polar surface area (TPSA) is 143 Å². The van der Waals surface area contributed by atoms with E-state index in [1.54, 1.807) is 69.5 Å². The normalized spacial score (nSPS) is 15.1. The van der Waals surface area contributed by atoms with Crippen LogP contribution < -0.4 is 9.21 Å². The van der Waals surface area contributed by atoms with Gasteiger partial charge in [0.25, 0.3) is 15.9 Å². The van der Waals surface area contributed by atoms with Gasteiger partial charge >= 0.3 is 12.1 Å². The molecule has 0 bridgehead atoms. The van der Waals surface area contributed by atoms with Crippen molar-refractivity contribution in [1.82, 2.24) is 19.8 Å². The van der Waals surface area contributed by atoms with Gasteiger partial charge in [-0.05, 0) is 89.9 Å². The molecule has 50 heavy (non-hydrogen) atoms. The fourth-order valence-electron chi connectivity index (χ4n) is 5.54. The number of hydrogen-bond donors (Lipinski definition) is 0. The molecule has 1 aromatic heterocycles. The van der Waals surface area contributed by atoms with Gasteiger partial charge in [-0.3, -0.25) is 13.9 Å². The number of carbonyl (C=O) groups excluding carboxylic acids is 3. The Balaban J connectivity index is 1.33. The van der Waals surface area contributed by atoms with Crippen molar-refractivity contribution in [3.05, 3.63) is 70.1 Å². The summed E-state index contributed by atoms with van der Waals surface area (Å²) in [5.74, 6) is -0.507. The largest absolute Gasteiger partial charge is 0.459 e. The summed E-state index contributed by atoms with van der Waals surface area (Å²) in [5.41, 5.74) is 0.601. The summed E-state index contributed by atoms with van der Waals surface area (Å²) in [6.45, 7) is 11.8. The molecular weight excluding hydrogens is 707 g/mol. The third kappa shape index (κ3) is 8.77. The lowest BCUT2D eigenvalue weighted by atomic mass is 10.1. The predicted molar refractivity (Wildman–Crippen MR) is 190 cm³/mol. The maximum absolute atomic E-state index is 13.9. The Morgan fingerprint density at radius 3 is 2.02 bits per heavy atom. The van der Waals surface area contributed by atoms with Gasteiger partial charge in [-0.25, -0.2) is 23.2 Å². The van der Waals surface area contributed by atoms with E-state index in [9.17, 15) is 22.8 Å². The van der Waals surface area contributed by atoms with Crippen LogP contribution in [0.3, 0.4) is 0 Å². The standard InChI is InChI=1S/C34H40Cl2N6O7S/c1-33(2,3)48-30(43)21-42(50(46,47)26-17-23(35)16-24(36)18-26)25-7-8-28-22(15-25)9-10-41(28)29-20-37-27(19-38-29)31(44)39-11-13-40(14-12-39)32(45)49-34(4,5)6/h7-8,15-20H,9-14,21H2,1-6H3. The summed E-state index contributed by atoms with van der Waals surface area (Å²) in [6, 6.07) is 9.04. The van der Waals surface area contributed by atoms with Crippen molar-refractivity contribution in [3.8, 4) is 0 Å². The number of sulfonamides is 1. The number of esters is 1. The van der Waals surface area contributed by atoms with Crippen molar-refractivity contribution in [2.75, 3.05) is 48.5 Å². The minimum absolute atomic E-state index is 0.132. The number of carbonyl (C=O) groups is 3. The lowest BCUT2D eigenvalue weighted by molar-refractivity contribution is -0.152. The predicted octanol–water partition coefficient (Wildman–Crippen LogP) is 5.71. The smallest absolute Gasteiger partial charge is 0.410 e. The molecule has 3 heterocycles. The number of rotatable bonds is 7. The number of benzene rings is 2. The van der Waals surface area contributed by atoms with Crippen LogP contribution >= 0.6 is 23.2 Å². The number of piperazine rings is 1. The first-order valence-corrected chi connectivity index (χ1v) is 18.2. The molecule has 2 aromatic carbocycles. The molecule has 13 nitrogen and oxygen atoms in total. The average molecular weight is 748 g/mol. The molecule has 0 saturated carbocycles. The zero-order valence-electron chi connectivity index (χ0n) is 28.8. The minimum atomic E-state index is -4.30. The summed E-state index contributed by atoms with van der Waals surface area (Å²) < 4.78 is 39.8. The van der Waals surface area contributed by atoms with Gasteiger partial charge in [0, 0.05) is 48.5 Å². The molecule has 3 aromatic rings. The van der Waals surface area contributed by atoms with Crippen LogP contribution in [0, 0.1) is 0 Å². The van der Waals surface area contributed by atoms with Gasteiger partial charge in [-0.1, -0.05) is 23.2 Å². The quantitative estimate of drug-likeness (QED) is 0.276. The van der Waals surface area contributed by atoms with Gasteiger partial charge in [0.05, 0.1) is 23.0 Å². The zero-order chi connectivity index (χ0) is 36.6. The Morgan fingerprint density at radius 1 is 0.820 bits per heavy atom. The molecule has 0 unspecified atom stereocenters. The second kappa shape index (κ2) is 14.2. The Bertz CT molecular complexity index is 1870. The van der Waals surface area contributed by atoms with Crippen LogP contribution in [0.2, 0.25) is 10.0 Å². The molecule has 16 heteroatoms. The highest BCUT2D eigenvalue weighted by Crippen LogP contribution is 2.37. The number of anilines is 3. The van der Waals surface area contributed by atoms with Crippen LogP contribution in [-0.4, -0.2) is 96.6 Å². The Labute approximate surface area is 302 Å². The highest BCUT2D eigenvalue weighted by atomic mass is 35.5. The number of ether oxygens (including phenoxy) is 2. The van der Waals surface area contributed by atoms with Crippen molar-refractivity contribution in [2.45, 2.75) is 64.1 Å². The van der Waals surface area contributed by atoms with Crippen LogP contribution in [0.4, 0.5) is 22.0 Å². The van der Waals surface area contributed by atoms with Gasteiger partial charge in [0.2, 0.25) is 0 Å². The fourth-order valence-corrected chi connectivity index (χ4v) is 7.67. The number of halogens is 2. The van der Waals surface area contributed by atoms with Crippen molar-refractivity contribution in [3.63, 3.8) is 0 Å². The van der Waals surface area contributed by atoms with E-state index >= 15 is 0 Å². The van der Waals surface area contributed by atoms with Crippen LogP contribution in [0.15, 0.2) is 53.7 Å². The van der Waals surface area contributed by atoms with Gasteiger partial charge < -0.3 is 24.2 Å². The van der Waals surface area contributed by atoms with Gasteiger partial charge in [-0.2, -0.15) is 0 Å². The van der Waals surface area contributed by atoms with E-state index in [-0.39, 0.29) is 32.2 Å². The summed E-state index contributed by atoms with van der Waals surface area (Å²) in [6.07, 6.45) is 3.09. The van der Waals surface area contributed by atoms with E-state index < -0.39 is 39.8 Å². The summed E-state index contributed by atoms with van der Waals surface area (Å²) in [7, 11) is -4.30. The first-order chi connectivity index (χ1) is 23.3. The molecule has 2 amide bonds. The van der Waals surface area contributed by atoms with Crippen molar-refractivity contribution in [1.29, 1.82) is 0 Å². The van der Waals surface area contributed by atoms with Crippen LogP contribution in [0.25, 0.3) is 0 Å². The minimum Gasteiger partial charge on any atom is -0.459 e. The number of hydrogen-bond acceptors (Lipinski definition) is 10. The number of aromatic nitrogens is 2. The van der Waals surface area contributed by atoms with Gasteiger partial charge in [0.1, 0.15) is 23.4 Å². The highest BCUT2D eigenvalue weighted by molar-refractivity contribution is 7.92. The number of fused-ring (bicyclic) bond motifs is 1. The highest BCUT2D eigenvalue weighted by Gasteiger charge is 2.33. The second-order valence-electron chi connectivity index (χ2n) is 13.9. The zero-order valence-corrected chi connectivity index (χ0v) is 31.1. The van der Waals surface area contributed by atoms with Crippen molar-refractivity contribution in [2.24, 2.45) is 0 Å². The monoisotopic (exact) mass is 746 g/mol. The molecule has 0 N–H and O–H groups in total. The Kier molecular flexibility index (Phi) is 10.6. The molecular formula is C34H40Cl2N6O7S. The van der Waals surface area contributed by atoms with Crippen LogP contribution in [-0.2, 0) is 30.7 Å². The summed E-state index contributed by atoms with van der Waals surface area (Å²) >= 11 is 12.3. The lowest BCUT2D eigenvalue weighted by Gasteiger charge is -2.35.